The fourth-order valence-electron chi connectivity index (χ4n) is 3.42. The summed E-state index contributed by atoms with van der Waals surface area (Å²) in [6.07, 6.45) is 7.89. The van der Waals surface area contributed by atoms with Gasteiger partial charge in [-0.1, -0.05) is 20.3 Å². The largest absolute Gasteiger partial charge is 0.342 e. The highest BCUT2D eigenvalue weighted by Gasteiger charge is 2.46. The lowest BCUT2D eigenvalue weighted by atomic mass is 9.67. The Labute approximate surface area is 111 Å². The van der Waals surface area contributed by atoms with Gasteiger partial charge in [0.15, 0.2) is 0 Å². The molecule has 2 aliphatic rings. The van der Waals surface area contributed by atoms with E-state index in [0.29, 0.717) is 23.9 Å². The van der Waals surface area contributed by atoms with E-state index in [9.17, 15) is 4.79 Å². The van der Waals surface area contributed by atoms with E-state index in [1.165, 1.54) is 12.8 Å². The summed E-state index contributed by atoms with van der Waals surface area (Å²) in [5, 5.41) is 0. The fourth-order valence-corrected chi connectivity index (χ4v) is 3.42. The van der Waals surface area contributed by atoms with Crippen LogP contribution in [0.15, 0.2) is 0 Å². The van der Waals surface area contributed by atoms with Gasteiger partial charge in [0.2, 0.25) is 5.91 Å². The highest BCUT2D eigenvalue weighted by Crippen LogP contribution is 2.43. The molecule has 2 rings (SSSR count). The summed E-state index contributed by atoms with van der Waals surface area (Å²) in [7, 11) is 1.99. The molecule has 2 saturated carbocycles. The summed E-state index contributed by atoms with van der Waals surface area (Å²) in [5.41, 5.74) is 6.09. The van der Waals surface area contributed by atoms with E-state index >= 15 is 0 Å². The molecular weight excluding hydrogens is 224 g/mol. The van der Waals surface area contributed by atoms with Gasteiger partial charge in [-0.05, 0) is 43.9 Å². The molecule has 3 heteroatoms. The van der Waals surface area contributed by atoms with Gasteiger partial charge in [-0.15, -0.1) is 0 Å². The third-order valence-electron chi connectivity index (χ3n) is 5.33. The Bertz CT molecular complexity index is 305. The van der Waals surface area contributed by atoms with Crippen molar-refractivity contribution in [3.8, 4) is 0 Å². The first-order valence-electron chi connectivity index (χ1n) is 7.38. The monoisotopic (exact) mass is 252 g/mol. The molecule has 0 aromatic carbocycles. The summed E-state index contributed by atoms with van der Waals surface area (Å²) in [4.78, 5) is 14.6. The molecule has 0 aromatic rings. The normalized spacial score (nSPS) is 26.4. The molecule has 2 fully saturated rings. The lowest BCUT2D eigenvalue weighted by Gasteiger charge is -2.46. The zero-order valence-corrected chi connectivity index (χ0v) is 12.2. The molecule has 0 unspecified atom stereocenters. The molecule has 0 aliphatic heterocycles. The fraction of sp³-hybridized carbons (Fsp3) is 0.933. The average molecular weight is 252 g/mol. The third-order valence-corrected chi connectivity index (χ3v) is 5.33. The second kappa shape index (κ2) is 4.84. The van der Waals surface area contributed by atoms with Gasteiger partial charge in [0.1, 0.15) is 0 Å². The quantitative estimate of drug-likeness (QED) is 0.839. The Morgan fingerprint density at radius 1 is 1.22 bits per heavy atom. The van der Waals surface area contributed by atoms with Crippen LogP contribution in [-0.4, -0.2) is 30.4 Å². The molecule has 0 atom stereocenters. The Hall–Kier alpha value is -0.570. The van der Waals surface area contributed by atoms with Gasteiger partial charge in [-0.25, -0.2) is 0 Å². The van der Waals surface area contributed by atoms with E-state index in [0.717, 1.165) is 32.1 Å². The van der Waals surface area contributed by atoms with Crippen molar-refractivity contribution in [2.75, 3.05) is 13.6 Å². The first kappa shape index (κ1) is 13.9. The zero-order valence-electron chi connectivity index (χ0n) is 12.2. The predicted octanol–water partition coefficient (Wildman–Crippen LogP) is 2.54. The molecule has 2 aliphatic carbocycles. The van der Waals surface area contributed by atoms with Crippen LogP contribution in [0.3, 0.4) is 0 Å². The van der Waals surface area contributed by atoms with Gasteiger partial charge in [0.25, 0.3) is 0 Å². The Kier molecular flexibility index (Phi) is 3.72. The Morgan fingerprint density at radius 2 is 1.78 bits per heavy atom. The maximum Gasteiger partial charge on any atom is 0.230 e. The lowest BCUT2D eigenvalue weighted by Crippen LogP contribution is -2.54. The molecule has 18 heavy (non-hydrogen) atoms. The zero-order chi connectivity index (χ0) is 13.4. The van der Waals surface area contributed by atoms with Crippen molar-refractivity contribution in [2.24, 2.45) is 16.6 Å². The van der Waals surface area contributed by atoms with Crippen LogP contribution in [0.5, 0.6) is 0 Å². The molecule has 0 aromatic heterocycles. The highest BCUT2D eigenvalue weighted by molar-refractivity contribution is 5.84. The molecule has 1 amide bonds. The third kappa shape index (κ3) is 2.42. The van der Waals surface area contributed by atoms with Crippen LogP contribution in [0, 0.1) is 10.8 Å². The summed E-state index contributed by atoms with van der Waals surface area (Å²) < 4.78 is 0. The first-order valence-corrected chi connectivity index (χ1v) is 7.38. The van der Waals surface area contributed by atoms with Crippen molar-refractivity contribution in [2.45, 2.75) is 64.8 Å². The topological polar surface area (TPSA) is 46.3 Å². The van der Waals surface area contributed by atoms with Crippen LogP contribution in [0.25, 0.3) is 0 Å². The number of hydrogen-bond donors (Lipinski definition) is 1. The van der Waals surface area contributed by atoms with Gasteiger partial charge >= 0.3 is 0 Å². The number of amides is 1. The van der Waals surface area contributed by atoms with Crippen LogP contribution in [0.4, 0.5) is 0 Å². The van der Waals surface area contributed by atoms with Crippen LogP contribution < -0.4 is 5.73 Å². The van der Waals surface area contributed by atoms with Gasteiger partial charge in [0.05, 0.1) is 5.41 Å². The number of carbonyl (C=O) groups is 1. The van der Waals surface area contributed by atoms with Crippen molar-refractivity contribution in [1.29, 1.82) is 0 Å². The Balaban J connectivity index is 1.95. The summed E-state index contributed by atoms with van der Waals surface area (Å²) in [6.45, 7) is 5.19. The van der Waals surface area contributed by atoms with Crippen LogP contribution in [0.2, 0.25) is 0 Å². The molecule has 0 radical (unpaired) electrons. The van der Waals surface area contributed by atoms with E-state index in [-0.39, 0.29) is 5.41 Å². The number of nitrogens with zero attached hydrogens (tertiary/aromatic N) is 1. The van der Waals surface area contributed by atoms with Crippen LogP contribution >= 0.6 is 0 Å². The molecule has 0 spiro atoms. The van der Waals surface area contributed by atoms with Crippen molar-refractivity contribution < 1.29 is 4.79 Å². The Morgan fingerprint density at radius 3 is 2.17 bits per heavy atom. The van der Waals surface area contributed by atoms with Crippen LogP contribution in [-0.2, 0) is 4.79 Å². The standard InChI is InChI=1S/C15H28N2O/c1-14(2)9-5-12(6-10-14)17(3)13(18)15(11-16)7-4-8-15/h12H,4-11,16H2,1-3H3. The lowest BCUT2D eigenvalue weighted by molar-refractivity contribution is -0.148. The van der Waals surface area contributed by atoms with Gasteiger partial charge in [0, 0.05) is 19.6 Å². The minimum absolute atomic E-state index is 0.207. The second-order valence-electron chi connectivity index (χ2n) is 7.15. The molecule has 0 saturated heterocycles. The van der Waals surface area contributed by atoms with E-state index in [1.54, 1.807) is 0 Å². The first-order chi connectivity index (χ1) is 8.40. The van der Waals surface area contributed by atoms with E-state index in [2.05, 4.69) is 13.8 Å². The van der Waals surface area contributed by atoms with Crippen molar-refractivity contribution in [3.05, 3.63) is 0 Å². The van der Waals surface area contributed by atoms with E-state index in [1.807, 2.05) is 11.9 Å². The van der Waals surface area contributed by atoms with Crippen molar-refractivity contribution >= 4 is 5.91 Å². The van der Waals surface area contributed by atoms with Gasteiger partial charge < -0.3 is 10.6 Å². The molecule has 3 nitrogen and oxygen atoms in total. The number of carbonyl (C=O) groups excluding carboxylic acids is 1. The molecule has 104 valence electrons. The number of nitrogens with two attached hydrogens (primary N) is 1. The molecule has 0 heterocycles. The predicted molar refractivity (Wildman–Crippen MR) is 74.1 cm³/mol. The smallest absolute Gasteiger partial charge is 0.230 e. The van der Waals surface area contributed by atoms with Crippen molar-refractivity contribution in [3.63, 3.8) is 0 Å². The molecular formula is C15H28N2O. The average Bonchev–Trinajstić information content (AvgIpc) is 2.27. The van der Waals surface area contributed by atoms with Crippen molar-refractivity contribution in [1.82, 2.24) is 4.90 Å². The van der Waals surface area contributed by atoms with Gasteiger partial charge in [-0.2, -0.15) is 0 Å². The molecule has 2 N–H and O–H groups in total. The van der Waals surface area contributed by atoms with Crippen LogP contribution in [0.1, 0.15) is 58.8 Å². The van der Waals surface area contributed by atoms with E-state index in [4.69, 9.17) is 5.73 Å². The summed E-state index contributed by atoms with van der Waals surface area (Å²) >= 11 is 0. The summed E-state index contributed by atoms with van der Waals surface area (Å²) in [6, 6.07) is 0.439. The maximum atomic E-state index is 12.6. The minimum atomic E-state index is -0.207. The maximum absolute atomic E-state index is 12.6. The minimum Gasteiger partial charge on any atom is -0.342 e. The highest BCUT2D eigenvalue weighted by atomic mass is 16.2. The SMILES string of the molecule is CN(C(=O)C1(CN)CCC1)C1CCC(C)(C)CC1. The molecule has 0 bridgehead atoms. The summed E-state index contributed by atoms with van der Waals surface area (Å²) in [5.74, 6) is 0.306. The second-order valence-corrected chi connectivity index (χ2v) is 7.15. The number of hydrogen-bond acceptors (Lipinski definition) is 2. The number of rotatable bonds is 3. The van der Waals surface area contributed by atoms with E-state index < -0.39 is 0 Å². The van der Waals surface area contributed by atoms with Gasteiger partial charge in [-0.3, -0.25) is 4.79 Å².